The minimum Gasteiger partial charge on any atom is -0.493 e. The molecule has 7 nitrogen and oxygen atoms in total. The maximum atomic E-state index is 13.2. The largest absolute Gasteiger partial charge is 0.493 e. The number of methoxy groups -OCH3 is 2. The van der Waals surface area contributed by atoms with Crippen LogP contribution in [0, 0.1) is 0 Å². The van der Waals surface area contributed by atoms with E-state index in [1.807, 2.05) is 6.08 Å². The molecule has 152 valence electrons. The summed E-state index contributed by atoms with van der Waals surface area (Å²) in [5.74, 6) is 0.528. The molecule has 1 aromatic carbocycles. The third kappa shape index (κ3) is 3.93. The molecule has 0 saturated heterocycles. The Bertz CT molecular complexity index is 803. The van der Waals surface area contributed by atoms with Crippen LogP contribution in [0.3, 0.4) is 0 Å². The fourth-order valence-corrected chi connectivity index (χ4v) is 4.07. The monoisotopic (exact) mass is 404 g/mol. The van der Waals surface area contributed by atoms with Crippen LogP contribution in [0.5, 0.6) is 11.5 Å². The van der Waals surface area contributed by atoms with Crippen molar-refractivity contribution >= 4 is 25.6 Å². The minimum atomic E-state index is -1.24. The predicted octanol–water partition coefficient (Wildman–Crippen LogP) is 3.09. The van der Waals surface area contributed by atoms with E-state index in [4.69, 9.17) is 14.2 Å². The molecule has 2 aliphatic heterocycles. The van der Waals surface area contributed by atoms with Gasteiger partial charge in [0.1, 0.15) is 12.8 Å². The number of rotatable bonds is 7. The maximum Gasteiger partial charge on any atom is 0.260 e. The summed E-state index contributed by atoms with van der Waals surface area (Å²) in [5, 5.41) is 0. The van der Waals surface area contributed by atoms with E-state index in [-0.39, 0.29) is 18.5 Å². The Kier molecular flexibility index (Phi) is 5.81. The molecule has 0 aromatic heterocycles. The molecule has 0 aliphatic carbocycles. The van der Waals surface area contributed by atoms with Gasteiger partial charge >= 0.3 is 0 Å². The highest BCUT2D eigenvalue weighted by Gasteiger charge is 2.41. The van der Waals surface area contributed by atoms with Gasteiger partial charge in [-0.25, -0.2) is 0 Å². The topological polar surface area (TPSA) is 68.3 Å². The Balaban J connectivity index is 1.97. The summed E-state index contributed by atoms with van der Waals surface area (Å²) in [6, 6.07) is 3.77. The van der Waals surface area contributed by atoms with Crippen LogP contribution in [-0.2, 0) is 9.53 Å². The van der Waals surface area contributed by atoms with Crippen molar-refractivity contribution in [2.45, 2.75) is 38.1 Å². The van der Waals surface area contributed by atoms with Gasteiger partial charge in [0.05, 0.1) is 25.5 Å². The summed E-state index contributed by atoms with van der Waals surface area (Å²) in [6.07, 6.45) is 4.02. The van der Waals surface area contributed by atoms with Crippen LogP contribution in [0.15, 0.2) is 24.4 Å². The van der Waals surface area contributed by atoms with Gasteiger partial charge in [0.2, 0.25) is 0 Å². The molecule has 0 unspecified atom stereocenters. The second-order valence-corrected chi connectivity index (χ2v) is 13.8. The summed E-state index contributed by atoms with van der Waals surface area (Å²) in [7, 11) is 1.81. The van der Waals surface area contributed by atoms with E-state index in [1.165, 1.54) is 19.1 Å². The van der Waals surface area contributed by atoms with Crippen molar-refractivity contribution in [1.29, 1.82) is 0 Å². The van der Waals surface area contributed by atoms with Crippen molar-refractivity contribution < 1.29 is 23.8 Å². The van der Waals surface area contributed by atoms with Gasteiger partial charge in [0.25, 0.3) is 11.8 Å². The molecule has 0 saturated carbocycles. The van der Waals surface area contributed by atoms with Gasteiger partial charge in [-0.3, -0.25) is 14.5 Å². The highest BCUT2D eigenvalue weighted by atomic mass is 28.3. The van der Waals surface area contributed by atoms with Crippen molar-refractivity contribution in [1.82, 2.24) is 4.90 Å². The molecule has 0 spiro atoms. The van der Waals surface area contributed by atoms with Gasteiger partial charge in [-0.2, -0.15) is 0 Å². The van der Waals surface area contributed by atoms with Crippen molar-refractivity contribution in [3.05, 3.63) is 30.0 Å². The number of benzene rings is 1. The molecule has 0 radical (unpaired) electrons. The first-order chi connectivity index (χ1) is 13.3. The lowest BCUT2D eigenvalue weighted by molar-refractivity contribution is -0.123. The number of amides is 2. The number of carbonyl (C=O) groups is 2. The van der Waals surface area contributed by atoms with Crippen molar-refractivity contribution in [2.75, 3.05) is 32.5 Å². The van der Waals surface area contributed by atoms with E-state index in [9.17, 15) is 9.59 Å². The summed E-state index contributed by atoms with van der Waals surface area (Å²) in [5.41, 5.74) is 0.886. The minimum absolute atomic E-state index is 0.101. The van der Waals surface area contributed by atoms with E-state index in [2.05, 4.69) is 19.6 Å². The normalized spacial score (nSPS) is 18.8. The standard InChI is InChI=1S/C20H28N2O5Si/c1-25-17-11-14-16(12-18(17)26-2)22(13-27-9-10-28(3,4)5)20(24)15-7-6-8-21(15)19(14)23/h6,8,11-12,15H,7,9-10,13H2,1-5H3/t15-/m1/s1. The Morgan fingerprint density at radius 2 is 1.79 bits per heavy atom. The average molecular weight is 405 g/mol. The second-order valence-electron chi connectivity index (χ2n) is 8.19. The van der Waals surface area contributed by atoms with Gasteiger partial charge in [-0.1, -0.05) is 25.7 Å². The zero-order chi connectivity index (χ0) is 20.5. The van der Waals surface area contributed by atoms with Crippen molar-refractivity contribution in [3.8, 4) is 11.5 Å². The molecule has 0 N–H and O–H groups in total. The summed E-state index contributed by atoms with van der Waals surface area (Å²) in [6.45, 7) is 7.52. The highest BCUT2D eigenvalue weighted by molar-refractivity contribution is 6.76. The zero-order valence-electron chi connectivity index (χ0n) is 17.2. The maximum absolute atomic E-state index is 13.2. The first-order valence-electron chi connectivity index (χ1n) is 9.41. The lowest BCUT2D eigenvalue weighted by atomic mass is 10.1. The number of carbonyl (C=O) groups excluding carboxylic acids is 2. The Morgan fingerprint density at radius 1 is 1.11 bits per heavy atom. The van der Waals surface area contributed by atoms with Gasteiger partial charge < -0.3 is 19.1 Å². The van der Waals surface area contributed by atoms with Crippen LogP contribution in [-0.4, -0.2) is 58.4 Å². The average Bonchev–Trinajstić information content (AvgIpc) is 3.12. The Morgan fingerprint density at radius 3 is 2.43 bits per heavy atom. The molecule has 2 heterocycles. The summed E-state index contributed by atoms with van der Waals surface area (Å²) >= 11 is 0. The fourth-order valence-electron chi connectivity index (χ4n) is 3.32. The van der Waals surface area contributed by atoms with E-state index < -0.39 is 14.1 Å². The smallest absolute Gasteiger partial charge is 0.260 e. The van der Waals surface area contributed by atoms with Crippen LogP contribution in [0.1, 0.15) is 16.8 Å². The van der Waals surface area contributed by atoms with E-state index >= 15 is 0 Å². The molecule has 1 aromatic rings. The molecule has 3 rings (SSSR count). The third-order valence-electron chi connectivity index (χ3n) is 4.99. The van der Waals surface area contributed by atoms with E-state index in [1.54, 1.807) is 23.2 Å². The lowest BCUT2D eigenvalue weighted by Gasteiger charge is -2.26. The summed E-state index contributed by atoms with van der Waals surface area (Å²) < 4.78 is 16.6. The number of hydrogen-bond acceptors (Lipinski definition) is 5. The SMILES string of the molecule is COc1cc2c(cc1OC)N(COCC[Si](C)(C)C)C(=O)[C@H]1CC=CN1C2=O. The van der Waals surface area contributed by atoms with Gasteiger partial charge in [0, 0.05) is 26.9 Å². The molecule has 1 atom stereocenters. The number of anilines is 1. The quantitative estimate of drug-likeness (QED) is 0.516. The molecule has 2 aliphatic rings. The van der Waals surface area contributed by atoms with Gasteiger partial charge in [-0.05, 0) is 18.5 Å². The van der Waals surface area contributed by atoms with E-state index in [0.29, 0.717) is 35.8 Å². The predicted molar refractivity (Wildman–Crippen MR) is 110 cm³/mol. The summed E-state index contributed by atoms with van der Waals surface area (Å²) in [4.78, 5) is 29.4. The van der Waals surface area contributed by atoms with Crippen LogP contribution in [0.4, 0.5) is 5.69 Å². The van der Waals surface area contributed by atoms with Crippen LogP contribution in [0.25, 0.3) is 0 Å². The van der Waals surface area contributed by atoms with Crippen LogP contribution in [0.2, 0.25) is 25.7 Å². The van der Waals surface area contributed by atoms with Gasteiger partial charge in [-0.15, -0.1) is 0 Å². The fraction of sp³-hybridized carbons (Fsp3) is 0.500. The first-order valence-corrected chi connectivity index (χ1v) is 13.1. The molecule has 2 amide bonds. The Hall–Kier alpha value is -2.32. The van der Waals surface area contributed by atoms with Crippen molar-refractivity contribution in [3.63, 3.8) is 0 Å². The number of fused-ring (bicyclic) bond motifs is 2. The molecule has 0 bridgehead atoms. The molecular formula is C20H28N2O5Si. The van der Waals surface area contributed by atoms with Gasteiger partial charge in [0.15, 0.2) is 11.5 Å². The van der Waals surface area contributed by atoms with Crippen molar-refractivity contribution in [2.24, 2.45) is 0 Å². The number of hydrogen-bond donors (Lipinski definition) is 0. The molecule has 0 fully saturated rings. The second kappa shape index (κ2) is 7.96. The number of ether oxygens (including phenoxy) is 3. The molecule has 8 heteroatoms. The zero-order valence-corrected chi connectivity index (χ0v) is 18.2. The third-order valence-corrected chi connectivity index (χ3v) is 6.69. The molecule has 28 heavy (non-hydrogen) atoms. The number of nitrogens with zero attached hydrogens (tertiary/aromatic N) is 2. The molecular weight excluding hydrogens is 376 g/mol. The van der Waals surface area contributed by atoms with Crippen LogP contribution < -0.4 is 14.4 Å². The lowest BCUT2D eigenvalue weighted by Crippen LogP contribution is -2.45. The van der Waals surface area contributed by atoms with Crippen LogP contribution >= 0.6 is 0 Å². The van der Waals surface area contributed by atoms with E-state index in [0.717, 1.165) is 6.04 Å². The first kappa shape index (κ1) is 20.4. The Labute approximate surface area is 166 Å². The highest BCUT2D eigenvalue weighted by Crippen LogP contribution is 2.39.